The smallest absolute Gasteiger partial charge is 0.337 e. The van der Waals surface area contributed by atoms with Gasteiger partial charge in [0.1, 0.15) is 6.04 Å². The van der Waals surface area contributed by atoms with Gasteiger partial charge < -0.3 is 9.64 Å². The molecule has 0 aliphatic carbocycles. The summed E-state index contributed by atoms with van der Waals surface area (Å²) in [5.41, 5.74) is 0.727. The van der Waals surface area contributed by atoms with E-state index in [0.29, 0.717) is 16.3 Å². The molecule has 0 radical (unpaired) electrons. The molecule has 1 saturated heterocycles. The van der Waals surface area contributed by atoms with Gasteiger partial charge in [-0.05, 0) is 62.7 Å². The van der Waals surface area contributed by atoms with Crippen LogP contribution >= 0.6 is 11.6 Å². The van der Waals surface area contributed by atoms with Crippen LogP contribution in [0.5, 0.6) is 0 Å². The molecule has 0 bridgehead atoms. The van der Waals surface area contributed by atoms with Crippen LogP contribution in [-0.2, 0) is 25.5 Å². The van der Waals surface area contributed by atoms with Gasteiger partial charge in [-0.15, -0.1) is 0 Å². The molecule has 0 spiro atoms. The lowest BCUT2D eigenvalue weighted by molar-refractivity contribution is -0.143. The van der Waals surface area contributed by atoms with E-state index < -0.39 is 29.4 Å². The van der Waals surface area contributed by atoms with Crippen LogP contribution in [0.4, 0.5) is 5.69 Å². The van der Waals surface area contributed by atoms with E-state index in [2.05, 4.69) is 4.74 Å². The van der Waals surface area contributed by atoms with Crippen molar-refractivity contribution in [2.45, 2.75) is 45.2 Å². The lowest BCUT2D eigenvalue weighted by Gasteiger charge is -2.39. The minimum atomic E-state index is -0.914. The molecule has 32 heavy (non-hydrogen) atoms. The van der Waals surface area contributed by atoms with Gasteiger partial charge >= 0.3 is 5.97 Å². The number of hydrogen-bond donors (Lipinski definition) is 0. The molecule has 0 saturated carbocycles. The van der Waals surface area contributed by atoms with Gasteiger partial charge in [-0.1, -0.05) is 23.7 Å². The van der Waals surface area contributed by atoms with E-state index in [1.54, 1.807) is 24.3 Å². The molecular weight excluding hydrogens is 432 g/mol. The number of methoxy groups -OCH3 is 1. The van der Waals surface area contributed by atoms with Gasteiger partial charge in [-0.3, -0.25) is 14.4 Å². The van der Waals surface area contributed by atoms with E-state index in [4.69, 9.17) is 11.6 Å². The van der Waals surface area contributed by atoms with E-state index in [0.717, 1.165) is 10.5 Å². The van der Waals surface area contributed by atoms with Crippen LogP contribution in [0.15, 0.2) is 48.5 Å². The first kappa shape index (κ1) is 23.5. The Labute approximate surface area is 191 Å². The Morgan fingerprint density at radius 1 is 1.06 bits per heavy atom. The number of carbonyl (C=O) groups excluding carboxylic acids is 4. The predicted molar refractivity (Wildman–Crippen MR) is 120 cm³/mol. The van der Waals surface area contributed by atoms with Crippen LogP contribution < -0.4 is 4.90 Å². The van der Waals surface area contributed by atoms with Crippen molar-refractivity contribution in [3.8, 4) is 0 Å². The summed E-state index contributed by atoms with van der Waals surface area (Å²) in [6.07, 6.45) is -0.0263. The number of benzene rings is 2. The Hall–Kier alpha value is -3.19. The van der Waals surface area contributed by atoms with Crippen molar-refractivity contribution >= 4 is 41.0 Å². The highest BCUT2D eigenvalue weighted by molar-refractivity contribution is 6.30. The van der Waals surface area contributed by atoms with Gasteiger partial charge in [0.25, 0.3) is 5.91 Å². The van der Waals surface area contributed by atoms with Crippen molar-refractivity contribution in [3.05, 3.63) is 64.7 Å². The molecule has 1 atom stereocenters. The highest BCUT2D eigenvalue weighted by Crippen LogP contribution is 2.30. The fourth-order valence-corrected chi connectivity index (χ4v) is 3.96. The number of halogens is 1. The van der Waals surface area contributed by atoms with E-state index in [1.807, 2.05) is 20.8 Å². The van der Waals surface area contributed by atoms with Crippen LogP contribution in [-0.4, -0.2) is 47.3 Å². The van der Waals surface area contributed by atoms with Crippen LogP contribution in [0.1, 0.15) is 43.1 Å². The molecule has 1 unspecified atom stereocenters. The summed E-state index contributed by atoms with van der Waals surface area (Å²) in [4.78, 5) is 53.5. The molecule has 2 aromatic carbocycles. The molecule has 1 aliphatic heterocycles. The number of amides is 3. The number of imide groups is 1. The molecular formula is C24H25ClN2O5. The van der Waals surface area contributed by atoms with Crippen molar-refractivity contribution in [2.75, 3.05) is 12.0 Å². The number of esters is 1. The molecule has 168 valence electrons. The third kappa shape index (κ3) is 4.83. The Morgan fingerprint density at radius 3 is 2.19 bits per heavy atom. The van der Waals surface area contributed by atoms with E-state index >= 15 is 0 Å². The van der Waals surface area contributed by atoms with Gasteiger partial charge in [0, 0.05) is 10.6 Å². The number of carbonyl (C=O) groups is 4. The van der Waals surface area contributed by atoms with Gasteiger partial charge in [0.2, 0.25) is 11.8 Å². The Bertz CT molecular complexity index is 1040. The van der Waals surface area contributed by atoms with Gasteiger partial charge in [0.15, 0.2) is 0 Å². The summed E-state index contributed by atoms with van der Waals surface area (Å²) in [5.74, 6) is -1.64. The second-order valence-corrected chi connectivity index (χ2v) is 9.00. The maximum Gasteiger partial charge on any atom is 0.337 e. The SMILES string of the molecule is COC(=O)c1ccc(N2C(=O)CC(N(C(=O)Cc3ccc(Cl)cc3)C(C)(C)C)C2=O)cc1. The Balaban J connectivity index is 1.86. The van der Waals surface area contributed by atoms with E-state index in [1.165, 1.54) is 36.3 Å². The quantitative estimate of drug-likeness (QED) is 0.506. The van der Waals surface area contributed by atoms with Crippen molar-refractivity contribution < 1.29 is 23.9 Å². The molecule has 3 rings (SSSR count). The van der Waals surface area contributed by atoms with Crippen molar-refractivity contribution in [1.29, 1.82) is 0 Å². The molecule has 3 amide bonds. The normalized spacial score (nSPS) is 16.3. The Kier molecular flexibility index (Phi) is 6.69. The molecule has 1 heterocycles. The minimum Gasteiger partial charge on any atom is -0.465 e. The van der Waals surface area contributed by atoms with Crippen LogP contribution in [0.3, 0.4) is 0 Å². The number of hydrogen-bond acceptors (Lipinski definition) is 5. The molecule has 8 heteroatoms. The van der Waals surface area contributed by atoms with Gasteiger partial charge in [-0.2, -0.15) is 0 Å². The molecule has 1 fully saturated rings. The lowest BCUT2D eigenvalue weighted by Crippen LogP contribution is -2.55. The highest BCUT2D eigenvalue weighted by atomic mass is 35.5. The zero-order chi connectivity index (χ0) is 23.6. The zero-order valence-corrected chi connectivity index (χ0v) is 19.2. The van der Waals surface area contributed by atoms with E-state index in [-0.39, 0.29) is 18.7 Å². The largest absolute Gasteiger partial charge is 0.465 e. The van der Waals surface area contributed by atoms with Crippen molar-refractivity contribution in [2.24, 2.45) is 0 Å². The second-order valence-electron chi connectivity index (χ2n) is 8.56. The highest BCUT2D eigenvalue weighted by Gasteiger charge is 2.47. The lowest BCUT2D eigenvalue weighted by atomic mass is 9.99. The first-order chi connectivity index (χ1) is 15.0. The third-order valence-corrected chi connectivity index (χ3v) is 5.49. The summed E-state index contributed by atoms with van der Waals surface area (Å²) in [5, 5.41) is 0.569. The Morgan fingerprint density at radius 2 is 1.66 bits per heavy atom. The van der Waals surface area contributed by atoms with Crippen molar-refractivity contribution in [1.82, 2.24) is 4.90 Å². The molecule has 2 aromatic rings. The summed E-state index contributed by atoms with van der Waals surface area (Å²) in [6.45, 7) is 5.50. The maximum absolute atomic E-state index is 13.3. The van der Waals surface area contributed by atoms with Crippen LogP contribution in [0.2, 0.25) is 5.02 Å². The van der Waals surface area contributed by atoms with Gasteiger partial charge in [-0.25, -0.2) is 9.69 Å². The number of rotatable bonds is 5. The second kappa shape index (κ2) is 9.12. The minimum absolute atomic E-state index is 0.0836. The first-order valence-electron chi connectivity index (χ1n) is 10.1. The fourth-order valence-electron chi connectivity index (χ4n) is 3.83. The average molecular weight is 457 g/mol. The molecule has 7 nitrogen and oxygen atoms in total. The summed E-state index contributed by atoms with van der Waals surface area (Å²) in [7, 11) is 1.27. The predicted octanol–water partition coefficient (Wildman–Crippen LogP) is 3.63. The summed E-state index contributed by atoms with van der Waals surface area (Å²) < 4.78 is 4.67. The summed E-state index contributed by atoms with van der Waals surface area (Å²) >= 11 is 5.92. The van der Waals surface area contributed by atoms with Crippen LogP contribution in [0.25, 0.3) is 0 Å². The number of ether oxygens (including phenoxy) is 1. The molecule has 1 aliphatic rings. The third-order valence-electron chi connectivity index (χ3n) is 5.24. The number of nitrogens with zero attached hydrogens (tertiary/aromatic N) is 2. The molecule has 0 aromatic heterocycles. The number of anilines is 1. The summed E-state index contributed by atoms with van der Waals surface area (Å²) in [6, 6.07) is 12.0. The van der Waals surface area contributed by atoms with Gasteiger partial charge in [0.05, 0.1) is 31.2 Å². The topological polar surface area (TPSA) is 84.0 Å². The maximum atomic E-state index is 13.3. The zero-order valence-electron chi connectivity index (χ0n) is 18.4. The van der Waals surface area contributed by atoms with E-state index in [9.17, 15) is 19.2 Å². The first-order valence-corrected chi connectivity index (χ1v) is 10.5. The van der Waals surface area contributed by atoms with Crippen molar-refractivity contribution in [3.63, 3.8) is 0 Å². The fraction of sp³-hybridized carbons (Fsp3) is 0.333. The monoisotopic (exact) mass is 456 g/mol. The van der Waals surface area contributed by atoms with Crippen LogP contribution in [0, 0.1) is 0 Å². The standard InChI is InChI=1S/C24H25ClN2O5/c1-24(2,3)27(21(29)13-15-5-9-17(25)10-6-15)19-14-20(28)26(22(19)30)18-11-7-16(8-12-18)23(31)32-4/h5-12,19H,13-14H2,1-4H3. The average Bonchev–Trinajstić information content (AvgIpc) is 3.01. The molecule has 0 N–H and O–H groups in total.